The Bertz CT molecular complexity index is 1550. The van der Waals surface area contributed by atoms with Gasteiger partial charge in [-0.05, 0) is 0 Å². The molecule has 0 nitrogen and oxygen atoms in total. The smallest absolute Gasteiger partial charge is 0.202 e. The number of benzene rings is 3. The van der Waals surface area contributed by atoms with Crippen molar-refractivity contribution in [1.29, 1.82) is 0 Å². The van der Waals surface area contributed by atoms with Crippen molar-refractivity contribution in [2.45, 2.75) is 38.0 Å². The zero-order valence-corrected chi connectivity index (χ0v) is 21.3. The third kappa shape index (κ3) is 4.60. The van der Waals surface area contributed by atoms with Crippen molar-refractivity contribution in [3.63, 3.8) is 0 Å². The van der Waals surface area contributed by atoms with Gasteiger partial charge >= 0.3 is 23.3 Å². The van der Waals surface area contributed by atoms with Crippen molar-refractivity contribution >= 4 is 10.0 Å². The molecule has 0 radical (unpaired) electrons. The maximum absolute atomic E-state index is 16.1. The second-order valence-electron chi connectivity index (χ2n) is 8.47. The molecule has 0 aliphatic heterocycles. The van der Waals surface area contributed by atoms with Crippen molar-refractivity contribution < 1.29 is 105 Å². The second-order valence-corrected chi connectivity index (χ2v) is 11.4. The topological polar surface area (TPSA) is 0 Å². The van der Waals surface area contributed by atoms with Crippen LogP contribution in [0.4, 0.5) is 105 Å². The average Bonchev–Trinajstić information content (AvgIpc) is 2.97. The minimum Gasteiger partial charge on any atom is -0.202 e. The van der Waals surface area contributed by atoms with Gasteiger partial charge in [-0.2, -0.15) is 39.5 Å². The molecule has 3 rings (SSSR count). The first-order chi connectivity index (χ1) is 21.0. The molecule has 0 saturated carbocycles. The predicted molar refractivity (Wildman–Crippen MR) is 102 cm³/mol. The Morgan fingerprint density at radius 2 is 0.426 bits per heavy atom. The van der Waals surface area contributed by atoms with E-state index in [4.69, 9.17) is 0 Å². The Morgan fingerprint density at radius 1 is 0.255 bits per heavy atom. The van der Waals surface area contributed by atoms with E-state index in [2.05, 4.69) is 0 Å². The molecule has 0 unspecified atom stereocenters. The standard InChI is InChI=1S/C22F24S/c23-1-4(26)10(32)16(11(33)5(1)27)47(17-12(34)6(28)2(24)7(29)13(17)35,18-14(36)8(30)3(25)9(31)15(18)37)22(45,46)20(40,41)19(38,39)21(42,43)44. The normalized spacial score (nSPS) is 13.9. The number of halogens is 24. The van der Waals surface area contributed by atoms with Crippen molar-refractivity contribution in [2.75, 3.05) is 0 Å². The summed E-state index contributed by atoms with van der Waals surface area (Å²) in [7, 11) is -9.23. The molecule has 0 heterocycles. The lowest BCUT2D eigenvalue weighted by Crippen LogP contribution is -2.62. The fourth-order valence-corrected chi connectivity index (χ4v) is 7.85. The van der Waals surface area contributed by atoms with E-state index < -0.39 is 135 Å². The summed E-state index contributed by atoms with van der Waals surface area (Å²) in [4.78, 5) is -13.5. The molecule has 47 heavy (non-hydrogen) atoms. The van der Waals surface area contributed by atoms with E-state index >= 15 is 35.1 Å². The maximum Gasteiger partial charge on any atom is 0.460 e. The van der Waals surface area contributed by atoms with E-state index in [1.165, 1.54) is 0 Å². The van der Waals surface area contributed by atoms with Gasteiger partial charge in [0.05, 0.1) is 14.7 Å². The van der Waals surface area contributed by atoms with Gasteiger partial charge in [0.2, 0.25) is 17.5 Å². The van der Waals surface area contributed by atoms with E-state index in [1.54, 1.807) is 0 Å². The van der Waals surface area contributed by atoms with Gasteiger partial charge < -0.3 is 0 Å². The Morgan fingerprint density at radius 3 is 0.596 bits per heavy atom. The molecule has 0 amide bonds. The van der Waals surface area contributed by atoms with Gasteiger partial charge in [0.25, 0.3) is 0 Å². The van der Waals surface area contributed by atoms with Crippen molar-refractivity contribution in [3.05, 3.63) is 87.3 Å². The highest BCUT2D eigenvalue weighted by molar-refractivity contribution is 8.34. The summed E-state index contributed by atoms with van der Waals surface area (Å²) in [6.45, 7) is 0. The van der Waals surface area contributed by atoms with Crippen LogP contribution >= 0.6 is 10.0 Å². The summed E-state index contributed by atoms with van der Waals surface area (Å²) in [6, 6.07) is 0. The highest BCUT2D eigenvalue weighted by Gasteiger charge is 2.86. The predicted octanol–water partition coefficient (Wildman–Crippen LogP) is 10.5. The number of hydrogen-bond acceptors (Lipinski definition) is 0. The van der Waals surface area contributed by atoms with Crippen LogP contribution < -0.4 is 0 Å². The summed E-state index contributed by atoms with van der Waals surface area (Å²) in [5.41, 5.74) is 0. The van der Waals surface area contributed by atoms with E-state index in [0.717, 1.165) is 0 Å². The van der Waals surface area contributed by atoms with Crippen LogP contribution in [0.15, 0.2) is 14.7 Å². The molecule has 0 bridgehead atoms. The molecule has 0 spiro atoms. The molecule has 0 aliphatic rings. The Labute approximate surface area is 241 Å². The molecule has 0 fully saturated rings. The molecule has 0 saturated heterocycles. The van der Waals surface area contributed by atoms with E-state index in [0.29, 0.717) is 0 Å². The van der Waals surface area contributed by atoms with Crippen LogP contribution in [-0.2, 0) is 0 Å². The Kier molecular flexibility index (Phi) is 9.01. The SMILES string of the molecule is Fc1c(F)c(F)c(S(c2c(F)c(F)c(F)c(F)c2F)(c2c(F)c(F)c(F)c(F)c2F)C(F)(F)C(F)(F)C(F)(F)C(F)(F)F)c(F)c1F. The van der Waals surface area contributed by atoms with E-state index in [9.17, 15) is 70.2 Å². The van der Waals surface area contributed by atoms with Crippen molar-refractivity contribution in [2.24, 2.45) is 0 Å². The third-order valence-corrected chi connectivity index (χ3v) is 9.87. The van der Waals surface area contributed by atoms with E-state index in [1.807, 2.05) is 0 Å². The van der Waals surface area contributed by atoms with Crippen molar-refractivity contribution in [1.82, 2.24) is 0 Å². The molecular weight excluding hydrogens is 752 g/mol. The molecule has 0 aliphatic carbocycles. The Balaban J connectivity index is 3.11. The van der Waals surface area contributed by atoms with Gasteiger partial charge in [-0.25, -0.2) is 65.9 Å². The fraction of sp³-hybridized carbons (Fsp3) is 0.182. The third-order valence-electron chi connectivity index (χ3n) is 5.93. The fourth-order valence-electron chi connectivity index (χ4n) is 3.80. The monoisotopic (exact) mass is 752 g/mol. The molecule has 3 aromatic rings. The summed E-state index contributed by atoms with van der Waals surface area (Å²) in [6.07, 6.45) is -8.16. The minimum atomic E-state index is -9.23. The summed E-state index contributed by atoms with van der Waals surface area (Å²) < 4.78 is 346. The van der Waals surface area contributed by atoms with Crippen molar-refractivity contribution in [3.8, 4) is 0 Å². The van der Waals surface area contributed by atoms with Gasteiger partial charge in [0.1, 0.15) is 0 Å². The molecule has 25 heteroatoms. The van der Waals surface area contributed by atoms with Gasteiger partial charge in [0, 0.05) is 0 Å². The zero-order chi connectivity index (χ0) is 36.9. The number of alkyl halides is 9. The molecule has 0 atom stereocenters. The maximum atomic E-state index is 16.1. The molecular formula is C22F24S. The van der Waals surface area contributed by atoms with Crippen LogP contribution in [-0.4, -0.2) is 23.3 Å². The van der Waals surface area contributed by atoms with Crippen LogP contribution in [0.5, 0.6) is 0 Å². The molecule has 3 aromatic carbocycles. The largest absolute Gasteiger partial charge is 0.460 e. The Hall–Kier alpha value is -3.67. The first-order valence-corrected chi connectivity index (χ1v) is 12.2. The summed E-state index contributed by atoms with van der Waals surface area (Å²) in [5.74, 6) is -78.6. The van der Waals surface area contributed by atoms with Crippen LogP contribution in [0.1, 0.15) is 0 Å². The molecule has 0 N–H and O–H groups in total. The van der Waals surface area contributed by atoms with Crippen LogP contribution in [0.25, 0.3) is 0 Å². The summed E-state index contributed by atoms with van der Waals surface area (Å²) >= 11 is 0. The van der Waals surface area contributed by atoms with Crippen LogP contribution in [0.3, 0.4) is 0 Å². The zero-order valence-electron chi connectivity index (χ0n) is 20.5. The highest BCUT2D eigenvalue weighted by atomic mass is 32.3. The lowest BCUT2D eigenvalue weighted by atomic mass is 10.1. The lowest BCUT2D eigenvalue weighted by Gasteiger charge is -2.50. The summed E-state index contributed by atoms with van der Waals surface area (Å²) in [5, 5.41) is -8.78. The quantitative estimate of drug-likeness (QED) is 0.134. The van der Waals surface area contributed by atoms with Gasteiger partial charge in [0.15, 0.2) is 69.8 Å². The average molecular weight is 752 g/mol. The lowest BCUT2D eigenvalue weighted by molar-refractivity contribution is -0.381. The first kappa shape index (κ1) is 37.8. The van der Waals surface area contributed by atoms with Gasteiger partial charge in [-0.3, -0.25) is 0 Å². The molecule has 262 valence electrons. The second kappa shape index (κ2) is 11.2. The van der Waals surface area contributed by atoms with Gasteiger partial charge in [-0.1, -0.05) is 10.0 Å². The minimum absolute atomic E-state index is 3.69. The van der Waals surface area contributed by atoms with Crippen LogP contribution in [0.2, 0.25) is 0 Å². The first-order valence-electron chi connectivity index (χ1n) is 10.6. The van der Waals surface area contributed by atoms with Crippen LogP contribution in [0, 0.1) is 87.3 Å². The highest BCUT2D eigenvalue weighted by Crippen LogP contribution is 2.83. The molecule has 0 aromatic heterocycles. The number of hydrogen-bond donors (Lipinski definition) is 0. The van der Waals surface area contributed by atoms with Gasteiger partial charge in [-0.15, -0.1) is 0 Å². The number of rotatable bonds is 6. The van der Waals surface area contributed by atoms with E-state index in [-0.39, 0.29) is 0 Å².